The first kappa shape index (κ1) is 22.7. The van der Waals surface area contributed by atoms with Crippen LogP contribution < -0.4 is 5.32 Å². The molecule has 0 aromatic heterocycles. The first-order valence-corrected chi connectivity index (χ1v) is 11.3. The molecule has 0 unspecified atom stereocenters. The van der Waals surface area contributed by atoms with Crippen molar-refractivity contribution < 1.29 is 14.5 Å². The largest absolute Gasteiger partial charge is 0.350 e. The Kier molecular flexibility index (Phi) is 6.88. The second-order valence-electron chi connectivity index (χ2n) is 8.68. The van der Waals surface area contributed by atoms with Crippen molar-refractivity contribution in [1.82, 2.24) is 14.7 Å². The number of nitro groups is 1. The lowest BCUT2D eigenvalue weighted by atomic mass is 9.94. The Morgan fingerprint density at radius 2 is 1.61 bits per heavy atom. The molecule has 2 saturated heterocycles. The number of piperazine rings is 1. The van der Waals surface area contributed by atoms with Gasteiger partial charge in [0, 0.05) is 62.5 Å². The summed E-state index contributed by atoms with van der Waals surface area (Å²) in [6.45, 7) is 4.22. The summed E-state index contributed by atoms with van der Waals surface area (Å²) in [5.41, 5.74) is 1.19. The number of para-hydroxylation sites is 1. The minimum Gasteiger partial charge on any atom is -0.350 e. The maximum absolute atomic E-state index is 13.0. The molecular weight excluding hydrogens is 422 g/mol. The number of piperidine rings is 1. The van der Waals surface area contributed by atoms with Crippen LogP contribution in [0.2, 0.25) is 0 Å². The van der Waals surface area contributed by atoms with Crippen LogP contribution in [0.4, 0.5) is 17.1 Å². The number of amides is 2. The highest BCUT2D eigenvalue weighted by atomic mass is 16.6. The van der Waals surface area contributed by atoms with E-state index < -0.39 is 4.92 Å². The third-order valence-electron chi connectivity index (χ3n) is 6.44. The van der Waals surface area contributed by atoms with Gasteiger partial charge >= 0.3 is 0 Å². The number of anilines is 2. The molecule has 0 atom stereocenters. The van der Waals surface area contributed by atoms with E-state index in [-0.39, 0.29) is 29.0 Å². The number of likely N-dealkylation sites (N-methyl/N-ethyl adjacent to an activating group) is 1. The number of nitrogens with zero attached hydrogens (tertiary/aromatic N) is 4. The third kappa shape index (κ3) is 5.31. The van der Waals surface area contributed by atoms with Gasteiger partial charge < -0.3 is 20.0 Å². The summed E-state index contributed by atoms with van der Waals surface area (Å²) in [6.07, 6.45) is 1.24. The van der Waals surface area contributed by atoms with Crippen molar-refractivity contribution in [2.75, 3.05) is 51.6 Å². The number of hydrogen-bond acceptors (Lipinski definition) is 6. The van der Waals surface area contributed by atoms with Crippen LogP contribution in [0.25, 0.3) is 0 Å². The topological polar surface area (TPSA) is 99.0 Å². The van der Waals surface area contributed by atoms with Crippen LogP contribution in [-0.2, 0) is 4.79 Å². The molecule has 174 valence electrons. The van der Waals surface area contributed by atoms with Crippen molar-refractivity contribution in [1.29, 1.82) is 0 Å². The van der Waals surface area contributed by atoms with Crippen LogP contribution in [0, 0.1) is 16.0 Å². The zero-order chi connectivity index (χ0) is 23.4. The van der Waals surface area contributed by atoms with Crippen molar-refractivity contribution >= 4 is 28.9 Å². The van der Waals surface area contributed by atoms with Crippen molar-refractivity contribution in [3.8, 4) is 0 Å². The molecule has 0 spiro atoms. The number of carbonyl (C=O) groups is 2. The average molecular weight is 452 g/mol. The molecular formula is C24H29N5O4. The summed E-state index contributed by atoms with van der Waals surface area (Å²) in [4.78, 5) is 42.9. The Labute approximate surface area is 193 Å². The molecule has 4 rings (SSSR count). The Morgan fingerprint density at radius 3 is 2.24 bits per heavy atom. The Hall–Kier alpha value is -3.46. The average Bonchev–Trinajstić information content (AvgIpc) is 2.84. The first-order valence-electron chi connectivity index (χ1n) is 11.3. The quantitative estimate of drug-likeness (QED) is 0.554. The predicted octanol–water partition coefficient (Wildman–Crippen LogP) is 2.96. The number of likely N-dealkylation sites (tertiary alicyclic amines) is 1. The van der Waals surface area contributed by atoms with Gasteiger partial charge in [-0.3, -0.25) is 19.7 Å². The number of nitro benzene ring substituents is 1. The molecule has 0 saturated carbocycles. The molecule has 2 fully saturated rings. The lowest BCUT2D eigenvalue weighted by Gasteiger charge is -2.37. The zero-order valence-electron chi connectivity index (χ0n) is 18.8. The number of nitrogens with one attached hydrogen (secondary N) is 1. The number of carbonyl (C=O) groups excluding carboxylic acids is 2. The lowest BCUT2D eigenvalue weighted by molar-refractivity contribution is -0.383. The van der Waals surface area contributed by atoms with Gasteiger partial charge in [-0.1, -0.05) is 18.2 Å². The maximum atomic E-state index is 13.0. The molecule has 2 amide bonds. The summed E-state index contributed by atoms with van der Waals surface area (Å²) in [6, 6.07) is 13.7. The highest BCUT2D eigenvalue weighted by Gasteiger charge is 2.32. The summed E-state index contributed by atoms with van der Waals surface area (Å²) < 4.78 is 0. The maximum Gasteiger partial charge on any atom is 0.293 e. The second kappa shape index (κ2) is 9.99. The van der Waals surface area contributed by atoms with Crippen molar-refractivity contribution in [2.45, 2.75) is 12.8 Å². The molecule has 9 heteroatoms. The minimum atomic E-state index is -0.483. The fourth-order valence-corrected chi connectivity index (χ4v) is 4.40. The molecule has 0 bridgehead atoms. The van der Waals surface area contributed by atoms with Crippen LogP contribution in [0.3, 0.4) is 0 Å². The molecule has 2 aliphatic heterocycles. The van der Waals surface area contributed by atoms with Gasteiger partial charge in [-0.15, -0.1) is 0 Å². The Bertz CT molecular complexity index is 1010. The molecule has 0 radical (unpaired) electrons. The molecule has 9 nitrogen and oxygen atoms in total. The number of rotatable bonds is 5. The monoisotopic (exact) mass is 451 g/mol. The van der Waals surface area contributed by atoms with Gasteiger partial charge in [0.25, 0.3) is 11.6 Å². The molecule has 0 aliphatic carbocycles. The minimum absolute atomic E-state index is 0.0655. The summed E-state index contributed by atoms with van der Waals surface area (Å²) >= 11 is 0. The molecule has 1 N–H and O–H groups in total. The van der Waals surface area contributed by atoms with Crippen LogP contribution in [0.1, 0.15) is 23.2 Å². The van der Waals surface area contributed by atoms with Gasteiger partial charge in [0.2, 0.25) is 5.91 Å². The first-order chi connectivity index (χ1) is 15.9. The molecule has 2 aromatic rings. The second-order valence-corrected chi connectivity index (χ2v) is 8.68. The van der Waals surface area contributed by atoms with Crippen LogP contribution in [-0.4, -0.2) is 77.8 Å². The van der Waals surface area contributed by atoms with Crippen LogP contribution >= 0.6 is 0 Å². The van der Waals surface area contributed by atoms with E-state index in [2.05, 4.69) is 17.3 Å². The van der Waals surface area contributed by atoms with E-state index in [9.17, 15) is 19.7 Å². The molecule has 33 heavy (non-hydrogen) atoms. The summed E-state index contributed by atoms with van der Waals surface area (Å²) in [5.74, 6) is -0.124. The van der Waals surface area contributed by atoms with Crippen molar-refractivity contribution in [3.63, 3.8) is 0 Å². The van der Waals surface area contributed by atoms with Crippen LogP contribution in [0.15, 0.2) is 48.5 Å². The Morgan fingerprint density at radius 1 is 0.939 bits per heavy atom. The van der Waals surface area contributed by atoms with Crippen LogP contribution in [0.5, 0.6) is 0 Å². The van der Waals surface area contributed by atoms with Gasteiger partial charge in [0.1, 0.15) is 5.69 Å². The highest BCUT2D eigenvalue weighted by molar-refractivity contribution is 5.96. The van der Waals surface area contributed by atoms with Gasteiger partial charge in [0.15, 0.2) is 0 Å². The SMILES string of the molecule is CN1CCN(C(=O)C2CCN(C(=O)c3ccc(Nc4ccccc4)c([N+](=O)[O-])c3)CC2)CC1. The third-order valence-corrected chi connectivity index (χ3v) is 6.44. The van der Waals surface area contributed by atoms with Crippen molar-refractivity contribution in [2.24, 2.45) is 5.92 Å². The summed E-state index contributed by atoms with van der Waals surface area (Å²) in [7, 11) is 2.06. The Balaban J connectivity index is 1.39. The molecule has 2 aromatic carbocycles. The van der Waals surface area contributed by atoms with Gasteiger partial charge in [-0.2, -0.15) is 0 Å². The standard InChI is InChI=1S/C24H29N5O4/c1-26-13-15-28(16-14-26)23(30)18-9-11-27(12-10-18)24(31)19-7-8-21(22(17-19)29(32)33)25-20-5-3-2-4-6-20/h2-8,17-18,25H,9-16H2,1H3. The van der Waals surface area contributed by atoms with E-state index in [4.69, 9.17) is 0 Å². The summed E-state index contributed by atoms with van der Waals surface area (Å²) in [5, 5.41) is 14.7. The van der Waals surface area contributed by atoms with E-state index in [0.717, 1.165) is 31.9 Å². The normalized spacial score (nSPS) is 17.6. The highest BCUT2D eigenvalue weighted by Crippen LogP contribution is 2.30. The fraction of sp³-hybridized carbons (Fsp3) is 0.417. The predicted molar refractivity (Wildman–Crippen MR) is 126 cm³/mol. The van der Waals surface area contributed by atoms with E-state index in [1.165, 1.54) is 6.07 Å². The van der Waals surface area contributed by atoms with Gasteiger partial charge in [0.05, 0.1) is 4.92 Å². The van der Waals surface area contributed by atoms with E-state index >= 15 is 0 Å². The van der Waals surface area contributed by atoms with E-state index in [1.54, 1.807) is 17.0 Å². The molecule has 2 heterocycles. The molecule has 2 aliphatic rings. The smallest absolute Gasteiger partial charge is 0.293 e. The lowest BCUT2D eigenvalue weighted by Crippen LogP contribution is -2.51. The van der Waals surface area contributed by atoms with Gasteiger partial charge in [-0.05, 0) is 44.2 Å². The zero-order valence-corrected chi connectivity index (χ0v) is 18.8. The van der Waals surface area contributed by atoms with E-state index in [1.807, 2.05) is 35.2 Å². The fourth-order valence-electron chi connectivity index (χ4n) is 4.40. The van der Waals surface area contributed by atoms with Crippen molar-refractivity contribution in [3.05, 3.63) is 64.2 Å². The number of benzene rings is 2. The number of hydrogen-bond donors (Lipinski definition) is 1. The van der Waals surface area contributed by atoms with Gasteiger partial charge in [-0.25, -0.2) is 0 Å². The van der Waals surface area contributed by atoms with E-state index in [0.29, 0.717) is 31.6 Å².